The van der Waals surface area contributed by atoms with Crippen LogP contribution in [0.1, 0.15) is 17.5 Å². The Kier molecular flexibility index (Phi) is 5.26. The first-order chi connectivity index (χ1) is 10.9. The molecular formula is C17H16F3NO2. The highest BCUT2D eigenvalue weighted by molar-refractivity contribution is 5.91. The van der Waals surface area contributed by atoms with Gasteiger partial charge in [-0.15, -0.1) is 0 Å². The standard InChI is InChI=1S/C17H16F3NO2/c1-12-5-4-6-13(11-12)23-10-9-16(22)21-15-8-3-2-7-14(15)17(18,19)20/h2-8,11H,9-10H2,1H3,(H,21,22). The summed E-state index contributed by atoms with van der Waals surface area (Å²) in [4.78, 5) is 11.8. The summed E-state index contributed by atoms with van der Waals surface area (Å²) in [5, 5.41) is 2.28. The number of aryl methyl sites for hydroxylation is 1. The van der Waals surface area contributed by atoms with Gasteiger partial charge in [-0.25, -0.2) is 0 Å². The van der Waals surface area contributed by atoms with E-state index in [1.54, 1.807) is 6.07 Å². The summed E-state index contributed by atoms with van der Waals surface area (Å²) < 4.78 is 43.9. The predicted molar refractivity (Wildman–Crippen MR) is 81.4 cm³/mol. The number of para-hydroxylation sites is 1. The molecule has 0 aliphatic carbocycles. The topological polar surface area (TPSA) is 38.3 Å². The first-order valence-corrected chi connectivity index (χ1v) is 7.02. The number of rotatable bonds is 5. The molecule has 0 spiro atoms. The molecule has 2 aromatic carbocycles. The Morgan fingerprint density at radius 1 is 1.13 bits per heavy atom. The summed E-state index contributed by atoms with van der Waals surface area (Å²) >= 11 is 0. The second-order valence-electron chi connectivity index (χ2n) is 5.01. The monoisotopic (exact) mass is 323 g/mol. The minimum atomic E-state index is -4.51. The summed E-state index contributed by atoms with van der Waals surface area (Å²) in [6.07, 6.45) is -4.55. The second-order valence-corrected chi connectivity index (χ2v) is 5.01. The van der Waals surface area contributed by atoms with E-state index in [-0.39, 0.29) is 18.7 Å². The van der Waals surface area contributed by atoms with Gasteiger partial charge in [0.15, 0.2) is 0 Å². The lowest BCUT2D eigenvalue weighted by molar-refractivity contribution is -0.137. The van der Waals surface area contributed by atoms with E-state index in [2.05, 4.69) is 5.32 Å². The van der Waals surface area contributed by atoms with Crippen LogP contribution in [-0.4, -0.2) is 12.5 Å². The van der Waals surface area contributed by atoms with Gasteiger partial charge in [0.1, 0.15) is 5.75 Å². The van der Waals surface area contributed by atoms with Gasteiger partial charge in [-0.3, -0.25) is 4.79 Å². The molecule has 0 atom stereocenters. The Labute approximate surface area is 132 Å². The fourth-order valence-corrected chi connectivity index (χ4v) is 2.02. The Balaban J connectivity index is 1.91. The number of benzene rings is 2. The van der Waals surface area contributed by atoms with E-state index in [1.165, 1.54) is 18.2 Å². The van der Waals surface area contributed by atoms with Gasteiger partial charge in [-0.2, -0.15) is 13.2 Å². The number of ether oxygens (including phenoxy) is 1. The number of halogens is 3. The lowest BCUT2D eigenvalue weighted by Crippen LogP contribution is -2.18. The number of carbonyl (C=O) groups is 1. The van der Waals surface area contributed by atoms with Gasteiger partial charge in [0.05, 0.1) is 24.3 Å². The maximum atomic E-state index is 12.8. The van der Waals surface area contributed by atoms with E-state index >= 15 is 0 Å². The highest BCUT2D eigenvalue weighted by atomic mass is 19.4. The quantitative estimate of drug-likeness (QED) is 0.884. The zero-order chi connectivity index (χ0) is 16.9. The van der Waals surface area contributed by atoms with Crippen molar-refractivity contribution in [1.29, 1.82) is 0 Å². The van der Waals surface area contributed by atoms with E-state index < -0.39 is 17.6 Å². The fraction of sp³-hybridized carbons (Fsp3) is 0.235. The van der Waals surface area contributed by atoms with Crippen LogP contribution < -0.4 is 10.1 Å². The van der Waals surface area contributed by atoms with Crippen LogP contribution in [-0.2, 0) is 11.0 Å². The third kappa shape index (κ3) is 5.02. The van der Waals surface area contributed by atoms with E-state index in [9.17, 15) is 18.0 Å². The number of amides is 1. The Hall–Kier alpha value is -2.50. The zero-order valence-corrected chi connectivity index (χ0v) is 12.5. The van der Waals surface area contributed by atoms with Crippen molar-refractivity contribution < 1.29 is 22.7 Å². The second kappa shape index (κ2) is 7.17. The molecule has 0 unspecified atom stereocenters. The van der Waals surface area contributed by atoms with Crippen LogP contribution in [0, 0.1) is 6.92 Å². The molecule has 0 aliphatic rings. The van der Waals surface area contributed by atoms with Crippen LogP contribution in [0.15, 0.2) is 48.5 Å². The molecule has 0 saturated carbocycles. The highest BCUT2D eigenvalue weighted by Gasteiger charge is 2.33. The normalized spacial score (nSPS) is 11.1. The number of hydrogen-bond donors (Lipinski definition) is 1. The maximum absolute atomic E-state index is 12.8. The van der Waals surface area contributed by atoms with Crippen molar-refractivity contribution >= 4 is 11.6 Å². The van der Waals surface area contributed by atoms with E-state index in [1.807, 2.05) is 25.1 Å². The van der Waals surface area contributed by atoms with E-state index in [0.717, 1.165) is 11.6 Å². The summed E-state index contributed by atoms with van der Waals surface area (Å²) in [6.45, 7) is 2.00. The molecule has 0 heterocycles. The molecule has 0 saturated heterocycles. The van der Waals surface area contributed by atoms with Crippen LogP contribution >= 0.6 is 0 Å². The SMILES string of the molecule is Cc1cccc(OCCC(=O)Nc2ccccc2C(F)(F)F)c1. The molecule has 0 bridgehead atoms. The van der Waals surface area contributed by atoms with Crippen LogP contribution in [0.2, 0.25) is 0 Å². The maximum Gasteiger partial charge on any atom is 0.418 e. The Morgan fingerprint density at radius 2 is 1.87 bits per heavy atom. The highest BCUT2D eigenvalue weighted by Crippen LogP contribution is 2.34. The zero-order valence-electron chi connectivity index (χ0n) is 12.5. The predicted octanol–water partition coefficient (Wildman–Crippen LogP) is 4.42. The first-order valence-electron chi connectivity index (χ1n) is 7.02. The Morgan fingerprint density at radius 3 is 2.57 bits per heavy atom. The molecule has 3 nitrogen and oxygen atoms in total. The van der Waals surface area contributed by atoms with Crippen molar-refractivity contribution in [3.8, 4) is 5.75 Å². The van der Waals surface area contributed by atoms with Gasteiger partial charge < -0.3 is 10.1 Å². The average Bonchev–Trinajstić information content (AvgIpc) is 2.47. The van der Waals surface area contributed by atoms with Crippen LogP contribution in [0.4, 0.5) is 18.9 Å². The van der Waals surface area contributed by atoms with Gasteiger partial charge in [-0.1, -0.05) is 24.3 Å². The number of hydrogen-bond acceptors (Lipinski definition) is 2. The van der Waals surface area contributed by atoms with Crippen molar-refractivity contribution in [3.63, 3.8) is 0 Å². The third-order valence-corrected chi connectivity index (χ3v) is 3.09. The lowest BCUT2D eigenvalue weighted by Gasteiger charge is -2.13. The third-order valence-electron chi connectivity index (χ3n) is 3.09. The van der Waals surface area contributed by atoms with Crippen molar-refractivity contribution in [2.75, 3.05) is 11.9 Å². The summed E-state index contributed by atoms with van der Waals surface area (Å²) in [5.74, 6) is 0.0860. The molecule has 6 heteroatoms. The number of anilines is 1. The van der Waals surface area contributed by atoms with Crippen molar-refractivity contribution in [1.82, 2.24) is 0 Å². The van der Waals surface area contributed by atoms with E-state index in [4.69, 9.17) is 4.74 Å². The Bertz CT molecular complexity index is 684. The molecule has 2 rings (SSSR count). The number of alkyl halides is 3. The molecule has 0 aliphatic heterocycles. The molecule has 0 aromatic heterocycles. The van der Waals surface area contributed by atoms with Gasteiger partial charge in [0.2, 0.25) is 5.91 Å². The summed E-state index contributed by atoms with van der Waals surface area (Å²) in [5.41, 5.74) is -0.0976. The summed E-state index contributed by atoms with van der Waals surface area (Å²) in [7, 11) is 0. The largest absolute Gasteiger partial charge is 0.493 e. The van der Waals surface area contributed by atoms with Crippen molar-refractivity contribution in [2.24, 2.45) is 0 Å². The molecule has 122 valence electrons. The number of carbonyl (C=O) groups excluding carboxylic acids is 1. The lowest BCUT2D eigenvalue weighted by atomic mass is 10.1. The molecular weight excluding hydrogens is 307 g/mol. The molecule has 1 N–H and O–H groups in total. The van der Waals surface area contributed by atoms with E-state index in [0.29, 0.717) is 5.75 Å². The molecule has 0 fully saturated rings. The van der Waals surface area contributed by atoms with Gasteiger partial charge in [-0.05, 0) is 36.8 Å². The molecule has 23 heavy (non-hydrogen) atoms. The molecule has 2 aromatic rings. The molecule has 1 amide bonds. The van der Waals surface area contributed by atoms with Crippen LogP contribution in [0.25, 0.3) is 0 Å². The fourth-order valence-electron chi connectivity index (χ4n) is 2.02. The van der Waals surface area contributed by atoms with Gasteiger partial charge >= 0.3 is 6.18 Å². The van der Waals surface area contributed by atoms with Crippen molar-refractivity contribution in [2.45, 2.75) is 19.5 Å². The van der Waals surface area contributed by atoms with Crippen LogP contribution in [0.3, 0.4) is 0 Å². The van der Waals surface area contributed by atoms with Crippen LogP contribution in [0.5, 0.6) is 5.75 Å². The first kappa shape index (κ1) is 16.9. The average molecular weight is 323 g/mol. The summed E-state index contributed by atoms with van der Waals surface area (Å²) in [6, 6.07) is 12.2. The number of nitrogens with one attached hydrogen (secondary N) is 1. The minimum absolute atomic E-state index is 0.0415. The van der Waals surface area contributed by atoms with Gasteiger partial charge in [0.25, 0.3) is 0 Å². The smallest absolute Gasteiger partial charge is 0.418 e. The van der Waals surface area contributed by atoms with Crippen molar-refractivity contribution in [3.05, 3.63) is 59.7 Å². The van der Waals surface area contributed by atoms with Gasteiger partial charge in [0, 0.05) is 0 Å². The molecule has 0 radical (unpaired) electrons. The minimum Gasteiger partial charge on any atom is -0.493 e.